The first kappa shape index (κ1) is 18.3. The summed E-state index contributed by atoms with van der Waals surface area (Å²) in [5.74, 6) is 0.611. The van der Waals surface area contributed by atoms with E-state index in [-0.39, 0.29) is 5.91 Å². The molecule has 1 aliphatic heterocycles. The number of carbonyl (C=O) groups is 1. The van der Waals surface area contributed by atoms with Crippen molar-refractivity contribution < 1.29 is 14.3 Å². The molecule has 0 saturated heterocycles. The number of amides is 1. The number of benzene rings is 2. The van der Waals surface area contributed by atoms with Crippen molar-refractivity contribution in [1.29, 1.82) is 0 Å². The van der Waals surface area contributed by atoms with Gasteiger partial charge in [0.25, 0.3) is 5.91 Å². The molecule has 28 heavy (non-hydrogen) atoms. The second-order valence-electron chi connectivity index (χ2n) is 6.79. The van der Waals surface area contributed by atoms with Crippen molar-refractivity contribution in [3.8, 4) is 5.88 Å². The molecule has 0 spiro atoms. The molecule has 0 bridgehead atoms. The van der Waals surface area contributed by atoms with Crippen molar-refractivity contribution >= 4 is 5.91 Å². The lowest BCUT2D eigenvalue weighted by Crippen LogP contribution is -2.38. The SMILES string of the molecule is COCc1ccccc1C(=O)N1CCn2nc(OCc3ccccc3)cc2C1. The summed E-state index contributed by atoms with van der Waals surface area (Å²) < 4.78 is 13.0. The fraction of sp³-hybridized carbons (Fsp3) is 0.273. The van der Waals surface area contributed by atoms with Crippen LogP contribution in [0, 0.1) is 0 Å². The first-order valence-electron chi connectivity index (χ1n) is 9.34. The topological polar surface area (TPSA) is 56.6 Å². The highest BCUT2D eigenvalue weighted by Crippen LogP contribution is 2.21. The van der Waals surface area contributed by atoms with Crippen LogP contribution in [0.1, 0.15) is 27.2 Å². The Balaban J connectivity index is 1.45. The van der Waals surface area contributed by atoms with Crippen molar-refractivity contribution in [2.75, 3.05) is 13.7 Å². The van der Waals surface area contributed by atoms with Crippen molar-refractivity contribution in [2.24, 2.45) is 0 Å². The molecule has 0 atom stereocenters. The number of fused-ring (bicyclic) bond motifs is 1. The first-order chi connectivity index (χ1) is 13.7. The van der Waals surface area contributed by atoms with Crippen LogP contribution in [0.2, 0.25) is 0 Å². The number of carbonyl (C=O) groups excluding carboxylic acids is 1. The Morgan fingerprint density at radius 3 is 2.64 bits per heavy atom. The molecule has 0 N–H and O–H groups in total. The standard InChI is InChI=1S/C22H23N3O3/c1-27-16-18-9-5-6-10-20(18)22(26)24-11-12-25-19(14-24)13-21(23-25)28-15-17-7-3-2-4-8-17/h2-10,13H,11-12,14-16H2,1H3. The van der Waals surface area contributed by atoms with Gasteiger partial charge in [0, 0.05) is 25.3 Å². The van der Waals surface area contributed by atoms with Crippen molar-refractivity contribution in [2.45, 2.75) is 26.3 Å². The zero-order valence-corrected chi connectivity index (χ0v) is 15.9. The minimum absolute atomic E-state index is 0.0202. The van der Waals surface area contributed by atoms with Crippen LogP contribution >= 0.6 is 0 Å². The van der Waals surface area contributed by atoms with Gasteiger partial charge >= 0.3 is 0 Å². The monoisotopic (exact) mass is 377 g/mol. The highest BCUT2D eigenvalue weighted by Gasteiger charge is 2.25. The molecule has 2 aromatic carbocycles. The van der Waals surface area contributed by atoms with Gasteiger partial charge in [-0.3, -0.25) is 9.48 Å². The average Bonchev–Trinajstić information content (AvgIpc) is 3.15. The molecular formula is C22H23N3O3. The van der Waals surface area contributed by atoms with Crippen LogP contribution in [0.3, 0.4) is 0 Å². The van der Waals surface area contributed by atoms with Gasteiger partial charge in [0.05, 0.1) is 25.4 Å². The van der Waals surface area contributed by atoms with Crippen LogP contribution < -0.4 is 4.74 Å². The molecular weight excluding hydrogens is 354 g/mol. The Hall–Kier alpha value is -3.12. The van der Waals surface area contributed by atoms with E-state index in [0.29, 0.717) is 44.3 Å². The smallest absolute Gasteiger partial charge is 0.254 e. The second-order valence-corrected chi connectivity index (χ2v) is 6.79. The summed E-state index contributed by atoms with van der Waals surface area (Å²) in [5, 5.41) is 4.52. The van der Waals surface area contributed by atoms with E-state index in [4.69, 9.17) is 9.47 Å². The normalized spacial score (nSPS) is 13.2. The zero-order valence-electron chi connectivity index (χ0n) is 15.9. The Morgan fingerprint density at radius 2 is 1.82 bits per heavy atom. The molecule has 6 nitrogen and oxygen atoms in total. The molecule has 3 aromatic rings. The number of rotatable bonds is 6. The van der Waals surface area contributed by atoms with Gasteiger partial charge in [0.1, 0.15) is 6.61 Å². The molecule has 0 unspecified atom stereocenters. The summed E-state index contributed by atoms with van der Waals surface area (Å²) in [6, 6.07) is 19.5. The summed E-state index contributed by atoms with van der Waals surface area (Å²) in [6.45, 7) is 2.69. The maximum absolute atomic E-state index is 13.0. The molecule has 0 aliphatic carbocycles. The van der Waals surface area contributed by atoms with Crippen molar-refractivity contribution in [3.63, 3.8) is 0 Å². The van der Waals surface area contributed by atoms with E-state index in [2.05, 4.69) is 5.10 Å². The van der Waals surface area contributed by atoms with Crippen LogP contribution in [-0.2, 0) is 31.0 Å². The zero-order chi connectivity index (χ0) is 19.3. The number of aromatic nitrogens is 2. The summed E-state index contributed by atoms with van der Waals surface area (Å²) in [6.07, 6.45) is 0. The molecule has 144 valence electrons. The van der Waals surface area contributed by atoms with E-state index >= 15 is 0 Å². The van der Waals surface area contributed by atoms with Crippen LogP contribution in [0.25, 0.3) is 0 Å². The predicted octanol–water partition coefficient (Wildman–Crippen LogP) is 3.26. The first-order valence-corrected chi connectivity index (χ1v) is 9.34. The van der Waals surface area contributed by atoms with E-state index in [9.17, 15) is 4.79 Å². The third kappa shape index (κ3) is 3.92. The predicted molar refractivity (Wildman–Crippen MR) is 105 cm³/mol. The largest absolute Gasteiger partial charge is 0.472 e. The fourth-order valence-electron chi connectivity index (χ4n) is 3.40. The highest BCUT2D eigenvalue weighted by molar-refractivity contribution is 5.95. The van der Waals surface area contributed by atoms with Gasteiger partial charge in [-0.05, 0) is 17.2 Å². The van der Waals surface area contributed by atoms with Crippen LogP contribution in [0.15, 0.2) is 60.7 Å². The molecule has 0 fully saturated rings. The lowest BCUT2D eigenvalue weighted by atomic mass is 10.1. The number of ether oxygens (including phenoxy) is 2. The molecule has 4 rings (SSSR count). The molecule has 0 saturated carbocycles. The number of hydrogen-bond donors (Lipinski definition) is 0. The van der Waals surface area contributed by atoms with E-state index < -0.39 is 0 Å². The molecule has 6 heteroatoms. The number of methoxy groups -OCH3 is 1. The quantitative estimate of drug-likeness (QED) is 0.662. The maximum atomic E-state index is 13.0. The van der Waals surface area contributed by atoms with Gasteiger partial charge in [0.2, 0.25) is 5.88 Å². The van der Waals surface area contributed by atoms with E-state index in [1.54, 1.807) is 7.11 Å². The molecule has 1 aliphatic rings. The van der Waals surface area contributed by atoms with E-state index in [0.717, 1.165) is 16.8 Å². The Labute approximate surface area is 164 Å². The fourth-order valence-corrected chi connectivity index (χ4v) is 3.40. The highest BCUT2D eigenvalue weighted by atomic mass is 16.5. The van der Waals surface area contributed by atoms with Gasteiger partial charge < -0.3 is 14.4 Å². The molecule has 1 amide bonds. The van der Waals surface area contributed by atoms with Crippen molar-refractivity contribution in [1.82, 2.24) is 14.7 Å². The van der Waals surface area contributed by atoms with Gasteiger partial charge in [-0.2, -0.15) is 0 Å². The lowest BCUT2D eigenvalue weighted by molar-refractivity contribution is 0.0701. The van der Waals surface area contributed by atoms with E-state index in [1.165, 1.54) is 0 Å². The third-order valence-electron chi connectivity index (χ3n) is 4.84. The van der Waals surface area contributed by atoms with Crippen LogP contribution in [0.4, 0.5) is 0 Å². The average molecular weight is 377 g/mol. The molecule has 2 heterocycles. The van der Waals surface area contributed by atoms with Gasteiger partial charge in [0.15, 0.2) is 0 Å². The van der Waals surface area contributed by atoms with E-state index in [1.807, 2.05) is 70.2 Å². The van der Waals surface area contributed by atoms with Crippen LogP contribution in [-0.4, -0.2) is 34.2 Å². The van der Waals surface area contributed by atoms with Gasteiger partial charge in [-0.1, -0.05) is 48.5 Å². The summed E-state index contributed by atoms with van der Waals surface area (Å²) in [4.78, 5) is 14.9. The number of nitrogens with zero attached hydrogens (tertiary/aromatic N) is 3. The summed E-state index contributed by atoms with van der Waals surface area (Å²) in [5.41, 5.74) is 3.67. The molecule has 1 aromatic heterocycles. The maximum Gasteiger partial charge on any atom is 0.254 e. The number of hydrogen-bond acceptors (Lipinski definition) is 4. The van der Waals surface area contributed by atoms with Crippen LogP contribution in [0.5, 0.6) is 5.88 Å². The Morgan fingerprint density at radius 1 is 1.04 bits per heavy atom. The minimum Gasteiger partial charge on any atom is -0.472 e. The second kappa shape index (κ2) is 8.27. The molecule has 0 radical (unpaired) electrons. The Kier molecular flexibility index (Phi) is 5.39. The van der Waals surface area contributed by atoms with Gasteiger partial charge in [-0.15, -0.1) is 5.10 Å². The van der Waals surface area contributed by atoms with Gasteiger partial charge in [-0.25, -0.2) is 0 Å². The summed E-state index contributed by atoms with van der Waals surface area (Å²) >= 11 is 0. The summed E-state index contributed by atoms with van der Waals surface area (Å²) in [7, 11) is 1.64. The third-order valence-corrected chi connectivity index (χ3v) is 4.84. The minimum atomic E-state index is 0.0202. The lowest BCUT2D eigenvalue weighted by Gasteiger charge is -2.28. The van der Waals surface area contributed by atoms with Crippen molar-refractivity contribution in [3.05, 3.63) is 83.0 Å². The Bertz CT molecular complexity index is 953.